The Balaban J connectivity index is 3.56. The highest BCUT2D eigenvalue weighted by Gasteiger charge is 2.10. The maximum Gasteiger partial charge on any atom is 0.330 e. The number of carbonyl (C=O) groups is 1. The number of rotatable bonds is 6. The average molecular weight is 208 g/mol. The van der Waals surface area contributed by atoms with Gasteiger partial charge in [-0.1, -0.05) is 6.58 Å². The summed E-state index contributed by atoms with van der Waals surface area (Å²) in [6.45, 7) is 4.97. The van der Waals surface area contributed by atoms with Crippen LogP contribution < -0.4 is 0 Å². The Morgan fingerprint density at radius 1 is 1.77 bits per heavy atom. The number of hydrogen-bond donors (Lipinski definition) is 1. The van der Waals surface area contributed by atoms with Crippen LogP contribution in [0.4, 0.5) is 0 Å². The molecule has 13 heavy (non-hydrogen) atoms. The zero-order valence-corrected chi connectivity index (χ0v) is 8.49. The molecule has 0 heterocycles. The molecule has 0 aromatic carbocycles. The van der Waals surface area contributed by atoms with Crippen molar-refractivity contribution in [3.8, 4) is 0 Å². The Morgan fingerprint density at radius 2 is 2.38 bits per heavy atom. The first-order chi connectivity index (χ1) is 6.10. The van der Waals surface area contributed by atoms with Crippen molar-refractivity contribution in [2.24, 2.45) is 0 Å². The van der Waals surface area contributed by atoms with E-state index in [1.165, 1.54) is 7.11 Å². The molecule has 0 amide bonds. The predicted molar refractivity (Wildman–Crippen MR) is 47.9 cm³/mol. The molecule has 1 N–H and O–H groups in total. The lowest BCUT2D eigenvalue weighted by atomic mass is 10.4. The summed E-state index contributed by atoms with van der Waals surface area (Å²) in [7, 11) is -0.532. The van der Waals surface area contributed by atoms with Gasteiger partial charge in [-0.2, -0.15) is 0 Å². The summed E-state index contributed by atoms with van der Waals surface area (Å²) in [5.74, 6) is -0.518. The molecule has 0 aliphatic rings. The van der Waals surface area contributed by atoms with Crippen molar-refractivity contribution in [1.29, 1.82) is 0 Å². The van der Waals surface area contributed by atoms with Gasteiger partial charge in [0.2, 0.25) is 0 Å². The van der Waals surface area contributed by atoms with Gasteiger partial charge >= 0.3 is 14.6 Å². The smallest absolute Gasteiger partial charge is 0.330 e. The number of carbonyl (C=O) groups excluding carboxylic acids is 1. The minimum Gasteiger partial charge on any atom is -0.457 e. The zero-order chi connectivity index (χ0) is 10.3. The first kappa shape index (κ1) is 12.5. The van der Waals surface area contributed by atoms with Crippen LogP contribution in [0.3, 0.4) is 0 Å². The summed E-state index contributed by atoms with van der Waals surface area (Å²) in [5, 5.41) is 0. The highest BCUT2D eigenvalue weighted by molar-refractivity contribution is 7.40. The molecule has 2 atom stereocenters. The van der Waals surface area contributed by atoms with Crippen LogP contribution in [0.1, 0.15) is 6.92 Å². The van der Waals surface area contributed by atoms with Gasteiger partial charge < -0.3 is 18.7 Å². The Labute approximate surface area is 78.3 Å². The summed E-state index contributed by atoms with van der Waals surface area (Å²) < 4.78 is 14.0. The second-order valence-corrected chi connectivity index (χ2v) is 3.27. The molecular weight excluding hydrogens is 195 g/mol. The third kappa shape index (κ3) is 6.66. The van der Waals surface area contributed by atoms with E-state index in [-0.39, 0.29) is 6.61 Å². The summed E-state index contributed by atoms with van der Waals surface area (Å²) in [6.07, 6.45) is 0.631. The number of ether oxygens (including phenoxy) is 1. The van der Waals surface area contributed by atoms with Crippen LogP contribution in [-0.4, -0.2) is 30.7 Å². The highest BCUT2D eigenvalue weighted by Crippen LogP contribution is 2.31. The van der Waals surface area contributed by atoms with Gasteiger partial charge in [-0.05, 0) is 6.92 Å². The Kier molecular flexibility index (Phi) is 6.72. The molecule has 0 aliphatic heterocycles. The maximum atomic E-state index is 10.7. The van der Waals surface area contributed by atoms with Crippen molar-refractivity contribution < 1.29 is 23.5 Å². The van der Waals surface area contributed by atoms with Gasteiger partial charge in [0.15, 0.2) is 0 Å². The molecule has 6 heteroatoms. The monoisotopic (exact) mass is 208 g/mol. The van der Waals surface area contributed by atoms with E-state index in [9.17, 15) is 4.79 Å². The molecule has 0 bridgehead atoms. The van der Waals surface area contributed by atoms with Gasteiger partial charge in [-0.3, -0.25) is 0 Å². The largest absolute Gasteiger partial charge is 0.457 e. The van der Waals surface area contributed by atoms with Crippen molar-refractivity contribution >= 4 is 14.6 Å². The molecule has 0 saturated heterocycles. The van der Waals surface area contributed by atoms with E-state index >= 15 is 0 Å². The van der Waals surface area contributed by atoms with Gasteiger partial charge in [-0.25, -0.2) is 4.79 Å². The lowest BCUT2D eigenvalue weighted by molar-refractivity contribution is -0.143. The minimum absolute atomic E-state index is 0.0929. The molecule has 0 rings (SSSR count). The van der Waals surface area contributed by atoms with E-state index in [1.807, 2.05) is 0 Å². The first-order valence-corrected chi connectivity index (χ1v) is 4.72. The van der Waals surface area contributed by atoms with Crippen LogP contribution in [0.2, 0.25) is 0 Å². The second-order valence-electron chi connectivity index (χ2n) is 2.17. The van der Waals surface area contributed by atoms with Crippen molar-refractivity contribution in [3.63, 3.8) is 0 Å². The molecular formula is C7H13O5P. The van der Waals surface area contributed by atoms with Gasteiger partial charge in [0.05, 0.1) is 6.61 Å². The maximum absolute atomic E-state index is 10.7. The average Bonchev–Trinajstić information content (AvgIpc) is 2.13. The van der Waals surface area contributed by atoms with Gasteiger partial charge in [0.1, 0.15) is 6.10 Å². The van der Waals surface area contributed by atoms with E-state index in [0.717, 1.165) is 6.08 Å². The molecule has 0 radical (unpaired) electrons. The normalized spacial score (nSPS) is 14.7. The Bertz CT molecular complexity index is 172. The molecule has 76 valence electrons. The first-order valence-electron chi connectivity index (χ1n) is 3.59. The lowest BCUT2D eigenvalue weighted by Crippen LogP contribution is -2.18. The van der Waals surface area contributed by atoms with Crippen molar-refractivity contribution in [1.82, 2.24) is 0 Å². The summed E-state index contributed by atoms with van der Waals surface area (Å²) in [5.41, 5.74) is 0. The third-order valence-corrected chi connectivity index (χ3v) is 1.74. The standard InChI is InChI=1S/C7H13O5P/c1-4-7(8)12-6(2)5-11-13(9)10-3/h4,6,9H,1,5H2,2-3H3. The molecule has 2 unspecified atom stereocenters. The molecule has 0 fully saturated rings. The van der Waals surface area contributed by atoms with E-state index in [4.69, 9.17) is 14.2 Å². The van der Waals surface area contributed by atoms with E-state index in [0.29, 0.717) is 0 Å². The fraction of sp³-hybridized carbons (Fsp3) is 0.571. The number of esters is 1. The van der Waals surface area contributed by atoms with Crippen molar-refractivity contribution in [2.45, 2.75) is 13.0 Å². The van der Waals surface area contributed by atoms with Crippen LogP contribution >= 0.6 is 8.60 Å². The minimum atomic E-state index is -1.86. The Hall–Kier alpha value is -0.480. The lowest BCUT2D eigenvalue weighted by Gasteiger charge is -2.13. The van der Waals surface area contributed by atoms with Crippen LogP contribution in [0, 0.1) is 0 Å². The van der Waals surface area contributed by atoms with Crippen molar-refractivity contribution in [2.75, 3.05) is 13.7 Å². The van der Waals surface area contributed by atoms with Gasteiger partial charge in [0.25, 0.3) is 0 Å². The highest BCUT2D eigenvalue weighted by atomic mass is 31.2. The zero-order valence-electron chi connectivity index (χ0n) is 7.60. The van der Waals surface area contributed by atoms with Crippen LogP contribution in [0.5, 0.6) is 0 Å². The Morgan fingerprint density at radius 3 is 2.85 bits per heavy atom. The SMILES string of the molecule is C=CC(=O)OC(C)COP(O)OC. The fourth-order valence-electron chi connectivity index (χ4n) is 0.502. The van der Waals surface area contributed by atoms with E-state index in [2.05, 4.69) is 11.1 Å². The van der Waals surface area contributed by atoms with Gasteiger partial charge in [0, 0.05) is 13.2 Å². The fourth-order valence-corrected chi connectivity index (χ4v) is 0.945. The van der Waals surface area contributed by atoms with Crippen LogP contribution in [0.25, 0.3) is 0 Å². The molecule has 0 saturated carbocycles. The summed E-state index contributed by atoms with van der Waals surface area (Å²) in [6, 6.07) is 0. The molecule has 5 nitrogen and oxygen atoms in total. The van der Waals surface area contributed by atoms with Crippen LogP contribution in [-0.2, 0) is 18.6 Å². The van der Waals surface area contributed by atoms with E-state index in [1.54, 1.807) is 6.92 Å². The van der Waals surface area contributed by atoms with E-state index < -0.39 is 20.7 Å². The quantitative estimate of drug-likeness (QED) is 0.400. The summed E-state index contributed by atoms with van der Waals surface area (Å²) >= 11 is 0. The summed E-state index contributed by atoms with van der Waals surface area (Å²) in [4.78, 5) is 19.5. The molecule has 0 aromatic heterocycles. The second kappa shape index (κ2) is 6.97. The third-order valence-electron chi connectivity index (χ3n) is 1.06. The van der Waals surface area contributed by atoms with Gasteiger partial charge in [-0.15, -0.1) is 0 Å². The number of hydrogen-bond acceptors (Lipinski definition) is 5. The van der Waals surface area contributed by atoms with Crippen LogP contribution in [0.15, 0.2) is 12.7 Å². The molecule has 0 aromatic rings. The molecule has 0 aliphatic carbocycles. The molecule has 0 spiro atoms. The predicted octanol–water partition coefficient (Wildman–Crippen LogP) is 0.986. The topological polar surface area (TPSA) is 65.0 Å². The van der Waals surface area contributed by atoms with Crippen molar-refractivity contribution in [3.05, 3.63) is 12.7 Å².